The van der Waals surface area contributed by atoms with Gasteiger partial charge in [0.1, 0.15) is 0 Å². The van der Waals surface area contributed by atoms with Gasteiger partial charge in [0, 0.05) is 6.04 Å². The highest BCUT2D eigenvalue weighted by molar-refractivity contribution is 6.23. The number of allylic oxidation sites excluding steroid dienone is 2. The second-order valence-corrected chi connectivity index (χ2v) is 9.78. The lowest BCUT2D eigenvalue weighted by molar-refractivity contribution is -0.124. The maximum atomic E-state index is 13.3. The van der Waals surface area contributed by atoms with Crippen LogP contribution in [0.1, 0.15) is 44.6 Å². The SMILES string of the molecule is O=C1[C@@H]2[C@@H]3C=C[C@H]([C@@H]4C[C@H]34)[C@@H]2C(=O)N1c1ccc2c(c1)ncn2C1CCCCC1. The molecule has 2 bridgehead atoms. The number of benzene rings is 1. The zero-order valence-corrected chi connectivity index (χ0v) is 16.4. The fraction of sp³-hybridized carbons (Fsp3) is 0.542. The molecule has 6 aliphatic rings. The predicted molar refractivity (Wildman–Crippen MR) is 109 cm³/mol. The molecule has 8 rings (SSSR count). The van der Waals surface area contributed by atoms with E-state index in [4.69, 9.17) is 0 Å². The van der Waals surface area contributed by atoms with Gasteiger partial charge in [-0.25, -0.2) is 9.88 Å². The third kappa shape index (κ3) is 2.08. The number of hydrogen-bond donors (Lipinski definition) is 0. The Balaban J connectivity index is 1.25. The number of amides is 2. The van der Waals surface area contributed by atoms with Gasteiger partial charge in [0.15, 0.2) is 0 Å². The molecule has 0 spiro atoms. The molecule has 148 valence electrons. The van der Waals surface area contributed by atoms with E-state index in [0.29, 0.717) is 23.6 Å². The lowest BCUT2D eigenvalue weighted by atomic mass is 9.63. The van der Waals surface area contributed by atoms with Gasteiger partial charge < -0.3 is 4.57 Å². The molecule has 2 amide bonds. The van der Waals surface area contributed by atoms with E-state index in [1.165, 1.54) is 43.4 Å². The van der Waals surface area contributed by atoms with Crippen molar-refractivity contribution in [3.05, 3.63) is 36.7 Å². The zero-order valence-electron chi connectivity index (χ0n) is 16.4. The van der Waals surface area contributed by atoms with Crippen LogP contribution < -0.4 is 4.90 Å². The first kappa shape index (κ1) is 16.4. The van der Waals surface area contributed by atoms with Crippen molar-refractivity contribution in [2.45, 2.75) is 44.6 Å². The molecule has 2 heterocycles. The molecule has 1 saturated heterocycles. The number of aromatic nitrogens is 2. The molecular weight excluding hydrogens is 362 g/mol. The number of carbonyl (C=O) groups is 2. The van der Waals surface area contributed by atoms with Gasteiger partial charge in [0.05, 0.1) is 34.9 Å². The van der Waals surface area contributed by atoms with Crippen LogP contribution in [0.2, 0.25) is 0 Å². The van der Waals surface area contributed by atoms with Crippen molar-refractivity contribution >= 4 is 28.5 Å². The van der Waals surface area contributed by atoms with Crippen LogP contribution in [0.25, 0.3) is 11.0 Å². The molecule has 0 radical (unpaired) electrons. The molecule has 1 aromatic heterocycles. The molecule has 29 heavy (non-hydrogen) atoms. The van der Waals surface area contributed by atoms with E-state index in [2.05, 4.69) is 27.8 Å². The van der Waals surface area contributed by atoms with Gasteiger partial charge >= 0.3 is 0 Å². The van der Waals surface area contributed by atoms with E-state index >= 15 is 0 Å². The molecule has 1 aromatic carbocycles. The maximum Gasteiger partial charge on any atom is 0.238 e. The third-order valence-corrected chi connectivity index (χ3v) is 8.45. The summed E-state index contributed by atoms with van der Waals surface area (Å²) in [4.78, 5) is 32.8. The van der Waals surface area contributed by atoms with E-state index in [0.717, 1.165) is 11.0 Å². The summed E-state index contributed by atoms with van der Waals surface area (Å²) < 4.78 is 2.29. The number of rotatable bonds is 2. The number of carbonyl (C=O) groups excluding carboxylic acids is 2. The van der Waals surface area contributed by atoms with Gasteiger partial charge in [0.2, 0.25) is 11.8 Å². The molecule has 5 heteroatoms. The summed E-state index contributed by atoms with van der Waals surface area (Å²) in [6.45, 7) is 0. The van der Waals surface area contributed by atoms with Crippen molar-refractivity contribution < 1.29 is 9.59 Å². The van der Waals surface area contributed by atoms with Gasteiger partial charge in [-0.15, -0.1) is 0 Å². The molecule has 5 nitrogen and oxygen atoms in total. The second-order valence-electron chi connectivity index (χ2n) is 9.78. The second kappa shape index (κ2) is 5.59. The number of imidazole rings is 1. The van der Waals surface area contributed by atoms with Crippen LogP contribution in [0.3, 0.4) is 0 Å². The van der Waals surface area contributed by atoms with Gasteiger partial charge in [-0.1, -0.05) is 31.4 Å². The lowest BCUT2D eigenvalue weighted by Gasteiger charge is -2.37. The van der Waals surface area contributed by atoms with Gasteiger partial charge in [-0.05, 0) is 61.1 Å². The third-order valence-electron chi connectivity index (χ3n) is 8.45. The molecule has 3 saturated carbocycles. The molecular formula is C24H25N3O2. The lowest BCUT2D eigenvalue weighted by Crippen LogP contribution is -2.40. The molecule has 2 aromatic rings. The van der Waals surface area contributed by atoms with E-state index < -0.39 is 0 Å². The van der Waals surface area contributed by atoms with Crippen LogP contribution in [-0.4, -0.2) is 21.4 Å². The van der Waals surface area contributed by atoms with Crippen molar-refractivity contribution in [1.82, 2.24) is 9.55 Å². The zero-order chi connectivity index (χ0) is 19.3. The predicted octanol–water partition coefficient (Wildman–Crippen LogP) is 4.10. The Labute approximate surface area is 169 Å². The van der Waals surface area contributed by atoms with Crippen LogP contribution in [0.4, 0.5) is 5.69 Å². The van der Waals surface area contributed by atoms with Crippen molar-refractivity contribution in [3.63, 3.8) is 0 Å². The van der Waals surface area contributed by atoms with Crippen LogP contribution in [0.5, 0.6) is 0 Å². The minimum atomic E-state index is -0.142. The van der Waals surface area contributed by atoms with Crippen molar-refractivity contribution in [3.8, 4) is 0 Å². The minimum Gasteiger partial charge on any atom is -0.327 e. The first-order chi connectivity index (χ1) is 14.2. The van der Waals surface area contributed by atoms with Gasteiger partial charge in [0.25, 0.3) is 0 Å². The van der Waals surface area contributed by atoms with E-state index in [9.17, 15) is 9.59 Å². The average Bonchev–Trinajstić information content (AvgIpc) is 3.42. The summed E-state index contributed by atoms with van der Waals surface area (Å²) in [6, 6.07) is 6.47. The highest BCUT2D eigenvalue weighted by Crippen LogP contribution is 2.65. The van der Waals surface area contributed by atoms with Crippen LogP contribution in [0, 0.1) is 35.5 Å². The summed E-state index contributed by atoms with van der Waals surface area (Å²) in [5, 5.41) is 0. The van der Waals surface area contributed by atoms with E-state index in [1.54, 1.807) is 0 Å². The standard InChI is InChI=1S/C24H25N3O2/c28-23-21-15-7-8-16(18-11-17(15)18)22(21)24(29)27(23)14-6-9-20-19(10-14)25-12-26(20)13-4-2-1-3-5-13/h6-10,12-13,15-18,21-22H,1-5,11H2/t15-,16-,17-,18+,21-,22+/m1/s1. The van der Waals surface area contributed by atoms with Crippen LogP contribution >= 0.6 is 0 Å². The Kier molecular flexibility index (Phi) is 3.15. The Hall–Kier alpha value is -2.43. The van der Waals surface area contributed by atoms with Crippen molar-refractivity contribution in [2.75, 3.05) is 4.90 Å². The summed E-state index contributed by atoms with van der Waals surface area (Å²) in [7, 11) is 0. The topological polar surface area (TPSA) is 55.2 Å². The van der Waals surface area contributed by atoms with Crippen molar-refractivity contribution in [2.24, 2.45) is 35.5 Å². The Morgan fingerprint density at radius 1 is 0.897 bits per heavy atom. The summed E-state index contributed by atoms with van der Waals surface area (Å²) in [6.07, 6.45) is 13.9. The summed E-state index contributed by atoms with van der Waals surface area (Å²) >= 11 is 0. The molecule has 0 unspecified atom stereocenters. The quantitative estimate of drug-likeness (QED) is 0.576. The Morgan fingerprint density at radius 3 is 2.28 bits per heavy atom. The maximum absolute atomic E-state index is 13.3. The Bertz CT molecular complexity index is 1040. The number of nitrogens with zero attached hydrogens (tertiary/aromatic N) is 3. The average molecular weight is 387 g/mol. The highest BCUT2D eigenvalue weighted by atomic mass is 16.2. The largest absolute Gasteiger partial charge is 0.327 e. The fourth-order valence-corrected chi connectivity index (χ4v) is 7.02. The van der Waals surface area contributed by atoms with Crippen molar-refractivity contribution in [1.29, 1.82) is 0 Å². The monoisotopic (exact) mass is 387 g/mol. The molecule has 1 aliphatic heterocycles. The molecule has 5 aliphatic carbocycles. The molecule has 4 fully saturated rings. The van der Waals surface area contributed by atoms with E-state index in [-0.39, 0.29) is 35.5 Å². The fourth-order valence-electron chi connectivity index (χ4n) is 7.02. The number of hydrogen-bond acceptors (Lipinski definition) is 3. The summed E-state index contributed by atoms with van der Waals surface area (Å²) in [5.74, 6) is 1.55. The smallest absolute Gasteiger partial charge is 0.238 e. The highest BCUT2D eigenvalue weighted by Gasteiger charge is 2.67. The number of fused-ring (bicyclic) bond motifs is 1. The van der Waals surface area contributed by atoms with E-state index in [1.807, 2.05) is 18.5 Å². The minimum absolute atomic E-state index is 0.00997. The normalized spacial score (nSPS) is 38.0. The van der Waals surface area contributed by atoms with Crippen LogP contribution in [-0.2, 0) is 9.59 Å². The number of imide groups is 1. The molecule has 0 N–H and O–H groups in total. The van der Waals surface area contributed by atoms with Crippen LogP contribution in [0.15, 0.2) is 36.7 Å². The van der Waals surface area contributed by atoms with Gasteiger partial charge in [-0.3, -0.25) is 9.59 Å². The first-order valence-corrected chi connectivity index (χ1v) is 11.2. The number of anilines is 1. The van der Waals surface area contributed by atoms with Gasteiger partial charge in [-0.2, -0.15) is 0 Å². The Morgan fingerprint density at radius 2 is 1.59 bits per heavy atom. The first-order valence-electron chi connectivity index (χ1n) is 11.2. The summed E-state index contributed by atoms with van der Waals surface area (Å²) in [5.41, 5.74) is 2.69. The molecule has 6 atom stereocenters.